The van der Waals surface area contributed by atoms with Gasteiger partial charge in [-0.3, -0.25) is 19.4 Å². The molecular formula is C33H53N7O9. The highest BCUT2D eigenvalue weighted by Gasteiger charge is 2.35. The molecule has 0 bridgehead atoms. The van der Waals surface area contributed by atoms with Gasteiger partial charge in [-0.25, -0.2) is 14.4 Å². The molecule has 0 aliphatic heterocycles. The molecule has 49 heavy (non-hydrogen) atoms. The number of nitrogens with zero attached hydrogens (tertiary/aromatic N) is 1. The van der Waals surface area contributed by atoms with Gasteiger partial charge in [-0.1, -0.05) is 45.9 Å². The second-order valence-electron chi connectivity index (χ2n) is 13.4. The molecule has 5 atom stereocenters. The summed E-state index contributed by atoms with van der Waals surface area (Å²) in [5.41, 5.74) is 10.0. The Kier molecular flexibility index (Phi) is 17.2. The highest BCUT2D eigenvalue weighted by Crippen LogP contribution is 2.12. The van der Waals surface area contributed by atoms with Crippen molar-refractivity contribution in [3.63, 3.8) is 0 Å². The van der Waals surface area contributed by atoms with Crippen molar-refractivity contribution in [2.24, 2.45) is 28.3 Å². The van der Waals surface area contributed by atoms with Gasteiger partial charge in [-0.15, -0.1) is 0 Å². The first-order chi connectivity index (χ1) is 22.7. The van der Waals surface area contributed by atoms with Gasteiger partial charge in [0.25, 0.3) is 0 Å². The summed E-state index contributed by atoms with van der Waals surface area (Å²) in [5.74, 6) is -5.00. The number of nitrogens with two attached hydrogens (primary N) is 2. The van der Waals surface area contributed by atoms with E-state index in [1.807, 2.05) is 13.8 Å². The van der Waals surface area contributed by atoms with Crippen molar-refractivity contribution in [3.05, 3.63) is 35.9 Å². The van der Waals surface area contributed by atoms with Gasteiger partial charge >= 0.3 is 18.0 Å². The quantitative estimate of drug-likeness (QED) is 0.0396. The van der Waals surface area contributed by atoms with Gasteiger partial charge in [0, 0.05) is 6.54 Å². The Morgan fingerprint density at radius 3 is 1.90 bits per heavy atom. The van der Waals surface area contributed by atoms with Gasteiger partial charge in [0.2, 0.25) is 17.7 Å². The zero-order valence-corrected chi connectivity index (χ0v) is 29.6. The third-order valence-electron chi connectivity index (χ3n) is 6.77. The average Bonchev–Trinajstić information content (AvgIpc) is 2.98. The number of aliphatic hydroxyl groups is 1. The number of guanidine groups is 1. The average molecular weight is 692 g/mol. The second-order valence-corrected chi connectivity index (χ2v) is 13.4. The van der Waals surface area contributed by atoms with E-state index < -0.39 is 77.5 Å². The van der Waals surface area contributed by atoms with Crippen LogP contribution in [0.5, 0.6) is 0 Å². The summed E-state index contributed by atoms with van der Waals surface area (Å²) >= 11 is 0. The number of alkyl carbamates (subject to hydrolysis) is 1. The molecule has 0 saturated carbocycles. The van der Waals surface area contributed by atoms with Crippen LogP contribution in [0, 0.1) is 11.8 Å². The predicted molar refractivity (Wildman–Crippen MR) is 182 cm³/mol. The zero-order chi connectivity index (χ0) is 37.5. The van der Waals surface area contributed by atoms with Crippen molar-refractivity contribution < 1.29 is 43.3 Å². The van der Waals surface area contributed by atoms with Crippen LogP contribution in [-0.2, 0) is 28.7 Å². The van der Waals surface area contributed by atoms with Crippen LogP contribution in [0.2, 0.25) is 0 Å². The Bertz CT molecular complexity index is 1310. The first-order valence-corrected chi connectivity index (χ1v) is 16.2. The fourth-order valence-corrected chi connectivity index (χ4v) is 4.40. The van der Waals surface area contributed by atoms with Crippen molar-refractivity contribution >= 4 is 41.7 Å². The van der Waals surface area contributed by atoms with E-state index in [1.54, 1.807) is 52.8 Å². The lowest BCUT2D eigenvalue weighted by Crippen LogP contribution is -2.60. The molecule has 1 rings (SSSR count). The standard InChI is InChI=1S/C33H53N7O9/c1-18(2)17-23(38-27(43)24(19(3)4)39-28(44)25(20(5)41)40-32(47)49-33(6,7)8)26(42)37-22(15-12-16-36-31(34)35)30(46)48-29(45)21-13-10-9-11-14-21/h9-11,13-14,18-20,22-25,41H,12,15-17H2,1-8H3,(H,37,42)(H,38,43)(H,39,44)(H,40,47)(H4,34,35,36)/t20-,22+,23+,24+,25+/m1/s1. The lowest BCUT2D eigenvalue weighted by molar-refractivity contribution is -0.143. The SMILES string of the molecule is CC(C)C[C@H](NC(=O)[C@@H](NC(=O)[C@@H](NC(=O)OC(C)(C)C)[C@@H](C)O)C(C)C)C(=O)N[C@@H](CCCN=C(N)N)C(=O)OC(=O)c1ccccc1. The van der Waals surface area contributed by atoms with Crippen LogP contribution in [0.4, 0.5) is 4.79 Å². The minimum atomic E-state index is -1.46. The number of benzene rings is 1. The number of carbonyl (C=O) groups is 6. The van der Waals surface area contributed by atoms with Gasteiger partial charge in [-0.2, -0.15) is 0 Å². The molecule has 0 aliphatic carbocycles. The van der Waals surface area contributed by atoms with E-state index in [0.717, 1.165) is 0 Å². The lowest BCUT2D eigenvalue weighted by atomic mass is 9.99. The van der Waals surface area contributed by atoms with E-state index in [1.165, 1.54) is 19.1 Å². The van der Waals surface area contributed by atoms with Gasteiger partial charge in [-0.05, 0) is 70.9 Å². The minimum Gasteiger partial charge on any atom is -0.444 e. The molecule has 274 valence electrons. The molecule has 0 aromatic heterocycles. The number of aliphatic hydroxyl groups excluding tert-OH is 1. The van der Waals surface area contributed by atoms with Crippen LogP contribution in [0.25, 0.3) is 0 Å². The van der Waals surface area contributed by atoms with Crippen LogP contribution in [0.1, 0.15) is 85.0 Å². The molecule has 0 aliphatic rings. The van der Waals surface area contributed by atoms with Gasteiger partial charge in [0.1, 0.15) is 29.8 Å². The number of aliphatic imine (C=N–C) groups is 1. The summed E-state index contributed by atoms with van der Waals surface area (Å²) < 4.78 is 10.2. The van der Waals surface area contributed by atoms with E-state index >= 15 is 0 Å². The fraction of sp³-hybridized carbons (Fsp3) is 0.606. The Hall–Kier alpha value is -4.73. The van der Waals surface area contributed by atoms with Crippen molar-refractivity contribution in [3.8, 4) is 0 Å². The molecular weight excluding hydrogens is 638 g/mol. The molecule has 4 amide bonds. The van der Waals surface area contributed by atoms with Gasteiger partial charge < -0.3 is 47.3 Å². The van der Waals surface area contributed by atoms with E-state index in [4.69, 9.17) is 20.9 Å². The van der Waals surface area contributed by atoms with Crippen LogP contribution < -0.4 is 32.7 Å². The number of hydrogen-bond acceptors (Lipinski definition) is 10. The molecule has 0 unspecified atom stereocenters. The highest BCUT2D eigenvalue weighted by molar-refractivity contribution is 6.00. The number of amides is 4. The number of nitrogens with one attached hydrogen (secondary N) is 4. The van der Waals surface area contributed by atoms with E-state index in [9.17, 15) is 33.9 Å². The van der Waals surface area contributed by atoms with Crippen molar-refractivity contribution in [2.75, 3.05) is 6.54 Å². The molecule has 0 saturated heterocycles. The Morgan fingerprint density at radius 2 is 1.39 bits per heavy atom. The third kappa shape index (κ3) is 16.3. The smallest absolute Gasteiger partial charge is 0.408 e. The van der Waals surface area contributed by atoms with Crippen molar-refractivity contribution in [1.29, 1.82) is 0 Å². The van der Waals surface area contributed by atoms with Crippen LogP contribution in [-0.4, -0.2) is 89.2 Å². The number of rotatable bonds is 17. The molecule has 0 heterocycles. The Labute approximate surface area is 287 Å². The van der Waals surface area contributed by atoms with Crippen LogP contribution >= 0.6 is 0 Å². The normalized spacial score (nSPS) is 14.3. The Morgan fingerprint density at radius 1 is 0.816 bits per heavy atom. The molecule has 16 nitrogen and oxygen atoms in total. The summed E-state index contributed by atoms with van der Waals surface area (Å²) in [5, 5.41) is 20.3. The summed E-state index contributed by atoms with van der Waals surface area (Å²) in [7, 11) is 0. The fourth-order valence-electron chi connectivity index (χ4n) is 4.40. The van der Waals surface area contributed by atoms with Gasteiger partial charge in [0.05, 0.1) is 11.7 Å². The minimum absolute atomic E-state index is 0.00181. The summed E-state index contributed by atoms with van der Waals surface area (Å²) in [6.45, 7) is 13.3. The maximum absolute atomic E-state index is 13.6. The first kappa shape index (κ1) is 42.3. The van der Waals surface area contributed by atoms with Crippen LogP contribution in [0.3, 0.4) is 0 Å². The maximum Gasteiger partial charge on any atom is 0.408 e. The molecule has 9 N–H and O–H groups in total. The van der Waals surface area contributed by atoms with Gasteiger partial charge in [0.15, 0.2) is 5.96 Å². The molecule has 1 aromatic carbocycles. The number of ether oxygens (including phenoxy) is 2. The third-order valence-corrected chi connectivity index (χ3v) is 6.77. The van der Waals surface area contributed by atoms with Crippen molar-refractivity contribution in [1.82, 2.24) is 21.3 Å². The maximum atomic E-state index is 13.6. The Balaban J connectivity index is 3.18. The van der Waals surface area contributed by atoms with Crippen molar-refractivity contribution in [2.45, 2.75) is 111 Å². The summed E-state index contributed by atoms with van der Waals surface area (Å²) in [4.78, 5) is 82.2. The molecule has 1 aromatic rings. The molecule has 16 heteroatoms. The number of hydrogen-bond donors (Lipinski definition) is 7. The number of esters is 2. The van der Waals surface area contributed by atoms with E-state index in [2.05, 4.69) is 26.3 Å². The van der Waals surface area contributed by atoms with Crippen LogP contribution in [0.15, 0.2) is 35.3 Å². The number of carbonyl (C=O) groups excluding carboxylic acids is 6. The molecule has 0 spiro atoms. The van der Waals surface area contributed by atoms with E-state index in [0.29, 0.717) is 0 Å². The second kappa shape index (κ2) is 19.9. The topological polar surface area (TPSA) is 254 Å². The molecule has 0 radical (unpaired) electrons. The lowest BCUT2D eigenvalue weighted by Gasteiger charge is -2.29. The highest BCUT2D eigenvalue weighted by atomic mass is 16.6. The first-order valence-electron chi connectivity index (χ1n) is 16.2. The zero-order valence-electron chi connectivity index (χ0n) is 29.6. The molecule has 0 fully saturated rings. The summed E-state index contributed by atoms with van der Waals surface area (Å²) in [6.07, 6.45) is -1.90. The largest absolute Gasteiger partial charge is 0.444 e. The predicted octanol–water partition coefficient (Wildman–Crippen LogP) is 0.854. The summed E-state index contributed by atoms with van der Waals surface area (Å²) in [6, 6.07) is 2.71. The van der Waals surface area contributed by atoms with E-state index in [-0.39, 0.29) is 43.2 Å². The monoisotopic (exact) mass is 691 g/mol.